The molecule has 0 amide bonds. The highest BCUT2D eigenvalue weighted by atomic mass is 19.1. The van der Waals surface area contributed by atoms with Crippen LogP contribution in [0.25, 0.3) is 0 Å². The zero-order valence-corrected chi connectivity index (χ0v) is 15.6. The zero-order chi connectivity index (χ0) is 20.2. The van der Waals surface area contributed by atoms with Gasteiger partial charge in [0.1, 0.15) is 17.3 Å². The summed E-state index contributed by atoms with van der Waals surface area (Å²) in [5.74, 6) is -0.112. The summed E-state index contributed by atoms with van der Waals surface area (Å²) in [6, 6.07) is 13.6. The number of carbonyl (C=O) groups excluding carboxylic acids is 2. The summed E-state index contributed by atoms with van der Waals surface area (Å²) in [4.78, 5) is 28.5. The minimum atomic E-state index is -0.578. The van der Waals surface area contributed by atoms with Gasteiger partial charge in [-0.1, -0.05) is 23.3 Å². The predicted molar refractivity (Wildman–Crippen MR) is 101 cm³/mol. The van der Waals surface area contributed by atoms with E-state index in [1.807, 2.05) is 24.3 Å². The molecule has 0 spiro atoms. The van der Waals surface area contributed by atoms with Gasteiger partial charge >= 0.3 is 11.9 Å². The summed E-state index contributed by atoms with van der Waals surface area (Å²) in [7, 11) is 0. The largest absolute Gasteiger partial charge is 0.457 e. The Balaban J connectivity index is 1.36. The van der Waals surface area contributed by atoms with Crippen LogP contribution in [0, 0.1) is 11.7 Å². The molecule has 6 nitrogen and oxygen atoms in total. The maximum atomic E-state index is 13.3. The Kier molecular flexibility index (Phi) is 5.57. The van der Waals surface area contributed by atoms with Gasteiger partial charge in [0.15, 0.2) is 6.23 Å². The summed E-state index contributed by atoms with van der Waals surface area (Å²) in [5, 5.41) is 1.44. The van der Waals surface area contributed by atoms with Crippen LogP contribution in [0.5, 0.6) is 11.5 Å². The van der Waals surface area contributed by atoms with E-state index < -0.39 is 18.2 Å². The number of piperidine rings is 1. The summed E-state index contributed by atoms with van der Waals surface area (Å²) in [5.41, 5.74) is 1.11. The summed E-state index contributed by atoms with van der Waals surface area (Å²) in [6.45, 7) is 0.503. The lowest BCUT2D eigenvalue weighted by molar-refractivity contribution is -0.251. The number of rotatable bonds is 4. The van der Waals surface area contributed by atoms with Crippen molar-refractivity contribution in [3.63, 3.8) is 0 Å². The van der Waals surface area contributed by atoms with Gasteiger partial charge < -0.3 is 14.3 Å². The maximum absolute atomic E-state index is 13.3. The number of fused-ring (bicyclic) bond motifs is 1. The second-order valence-electron chi connectivity index (χ2n) is 7.07. The lowest BCUT2D eigenvalue weighted by atomic mass is 9.90. The van der Waals surface area contributed by atoms with Gasteiger partial charge in [-0.3, -0.25) is 0 Å². The Morgan fingerprint density at radius 1 is 1.03 bits per heavy atom. The third-order valence-corrected chi connectivity index (χ3v) is 4.91. The van der Waals surface area contributed by atoms with Crippen molar-refractivity contribution in [1.29, 1.82) is 0 Å². The summed E-state index contributed by atoms with van der Waals surface area (Å²) >= 11 is 0. The molecule has 2 aromatic carbocycles. The first-order chi connectivity index (χ1) is 14.0. The lowest BCUT2D eigenvalue weighted by Gasteiger charge is -2.37. The third kappa shape index (κ3) is 5.00. The molecule has 0 unspecified atom stereocenters. The summed E-state index contributed by atoms with van der Waals surface area (Å²) < 4.78 is 24.3. The van der Waals surface area contributed by atoms with Gasteiger partial charge in [-0.25, -0.2) is 14.0 Å². The fourth-order valence-corrected chi connectivity index (χ4v) is 3.52. The van der Waals surface area contributed by atoms with E-state index in [9.17, 15) is 14.0 Å². The van der Waals surface area contributed by atoms with E-state index in [-0.39, 0.29) is 11.7 Å². The molecular weight excluding hydrogens is 377 g/mol. The molecule has 2 aromatic rings. The number of halogens is 1. The molecule has 0 aliphatic carbocycles. The monoisotopic (exact) mass is 397 g/mol. The van der Waals surface area contributed by atoms with Crippen molar-refractivity contribution in [2.24, 2.45) is 5.92 Å². The second kappa shape index (κ2) is 8.45. The average molecular weight is 397 g/mol. The van der Waals surface area contributed by atoms with Gasteiger partial charge in [-0.2, -0.15) is 0 Å². The van der Waals surface area contributed by atoms with Crippen molar-refractivity contribution in [2.45, 2.75) is 25.5 Å². The highest BCUT2D eigenvalue weighted by Crippen LogP contribution is 2.29. The average Bonchev–Trinajstić information content (AvgIpc) is 2.69. The number of hydrogen-bond donors (Lipinski definition) is 0. The van der Waals surface area contributed by atoms with Crippen LogP contribution in [0.4, 0.5) is 4.39 Å². The van der Waals surface area contributed by atoms with Gasteiger partial charge in [-0.15, -0.1) is 0 Å². The molecule has 0 N–H and O–H groups in total. The molecule has 150 valence electrons. The molecule has 0 aromatic heterocycles. The fraction of sp³-hybridized carbons (Fsp3) is 0.273. The van der Waals surface area contributed by atoms with Gasteiger partial charge in [0.05, 0.1) is 0 Å². The number of hydrogen-bond acceptors (Lipinski definition) is 6. The van der Waals surface area contributed by atoms with E-state index in [4.69, 9.17) is 14.3 Å². The fourth-order valence-electron chi connectivity index (χ4n) is 3.52. The first-order valence-corrected chi connectivity index (χ1v) is 9.45. The van der Waals surface area contributed by atoms with Gasteiger partial charge in [-0.05, 0) is 48.6 Å². The molecule has 0 bridgehead atoms. The molecule has 2 heterocycles. The third-order valence-electron chi connectivity index (χ3n) is 4.91. The van der Waals surface area contributed by atoms with E-state index in [0.29, 0.717) is 24.5 Å². The highest BCUT2D eigenvalue weighted by Gasteiger charge is 2.34. The molecule has 4 rings (SSSR count). The Labute approximate surface area is 167 Å². The van der Waals surface area contributed by atoms with Crippen LogP contribution < -0.4 is 4.74 Å². The number of esters is 1. The first kappa shape index (κ1) is 19.1. The van der Waals surface area contributed by atoms with Crippen molar-refractivity contribution < 1.29 is 28.3 Å². The van der Waals surface area contributed by atoms with Gasteiger partial charge in [0, 0.05) is 31.2 Å². The lowest BCUT2D eigenvalue weighted by Crippen LogP contribution is -2.46. The Hall–Kier alpha value is -3.19. The van der Waals surface area contributed by atoms with Crippen molar-refractivity contribution >= 4 is 11.9 Å². The smallest absolute Gasteiger partial charge is 0.350 e. The molecule has 29 heavy (non-hydrogen) atoms. The van der Waals surface area contributed by atoms with Crippen LogP contribution >= 0.6 is 0 Å². The Morgan fingerprint density at radius 2 is 1.83 bits per heavy atom. The topological polar surface area (TPSA) is 65.1 Å². The molecule has 0 saturated carbocycles. The van der Waals surface area contributed by atoms with Crippen molar-refractivity contribution in [2.75, 3.05) is 6.54 Å². The molecule has 1 fully saturated rings. The van der Waals surface area contributed by atoms with Crippen LogP contribution in [0.2, 0.25) is 0 Å². The summed E-state index contributed by atoms with van der Waals surface area (Å²) in [6.07, 6.45) is 3.76. The van der Waals surface area contributed by atoms with Crippen molar-refractivity contribution in [1.82, 2.24) is 5.06 Å². The number of nitrogens with zero attached hydrogens (tertiary/aromatic N) is 1. The number of carbonyl (C=O) groups is 2. The van der Waals surface area contributed by atoms with E-state index in [0.717, 1.165) is 30.6 Å². The molecular formula is C22H20FNO5. The van der Waals surface area contributed by atoms with E-state index in [1.165, 1.54) is 17.2 Å². The van der Waals surface area contributed by atoms with Crippen LogP contribution in [0.3, 0.4) is 0 Å². The molecule has 7 heteroatoms. The molecule has 2 aliphatic heterocycles. The Bertz CT molecular complexity index is 927. The molecule has 0 radical (unpaired) electrons. The number of benzene rings is 2. The second-order valence-corrected chi connectivity index (χ2v) is 7.07. The van der Waals surface area contributed by atoms with E-state index >= 15 is 0 Å². The van der Waals surface area contributed by atoms with Gasteiger partial charge in [0.25, 0.3) is 0 Å². The minimum Gasteiger partial charge on any atom is -0.457 e. The van der Waals surface area contributed by atoms with Crippen LogP contribution in [-0.2, 0) is 25.6 Å². The minimum absolute atomic E-state index is 0.279. The van der Waals surface area contributed by atoms with E-state index in [2.05, 4.69) is 0 Å². The van der Waals surface area contributed by atoms with Crippen LogP contribution in [0.15, 0.2) is 60.7 Å². The van der Waals surface area contributed by atoms with Crippen molar-refractivity contribution in [3.8, 4) is 11.5 Å². The zero-order valence-electron chi connectivity index (χ0n) is 15.6. The molecule has 2 atom stereocenters. The number of hydroxylamine groups is 2. The SMILES string of the molecule is O=C1/C=C/C(=O)ON2CC[C@H](Cc3ccc(Oc4cccc(F)c4)cc3)C[C@@H]2O1. The normalized spacial score (nSPS) is 23.2. The molecule has 1 saturated heterocycles. The highest BCUT2D eigenvalue weighted by molar-refractivity contribution is 5.92. The maximum Gasteiger partial charge on any atom is 0.350 e. The van der Waals surface area contributed by atoms with Gasteiger partial charge in [0.2, 0.25) is 0 Å². The predicted octanol–water partition coefficient (Wildman–Crippen LogP) is 3.77. The van der Waals surface area contributed by atoms with Crippen LogP contribution in [-0.4, -0.2) is 29.8 Å². The standard InChI is InChI=1S/C22H20FNO5/c23-17-2-1-3-19(14-17)27-18-6-4-15(5-7-18)12-16-10-11-24-20(13-16)28-21(25)8-9-22(26)29-24/h1-9,14,16,20H,10-13H2/b9-8+/t16-,20+/m1/s1. The van der Waals surface area contributed by atoms with Crippen molar-refractivity contribution in [3.05, 3.63) is 72.1 Å². The Morgan fingerprint density at radius 3 is 2.62 bits per heavy atom. The van der Waals surface area contributed by atoms with E-state index in [1.54, 1.807) is 12.1 Å². The molecule has 2 aliphatic rings. The quantitative estimate of drug-likeness (QED) is 0.732. The first-order valence-electron chi connectivity index (χ1n) is 9.45. The number of ether oxygens (including phenoxy) is 2. The van der Waals surface area contributed by atoms with Crippen LogP contribution in [0.1, 0.15) is 18.4 Å².